The molecule has 0 fully saturated rings. The predicted molar refractivity (Wildman–Crippen MR) is 83.6 cm³/mol. The zero-order valence-corrected chi connectivity index (χ0v) is 13.4. The van der Waals surface area contributed by atoms with Crippen LogP contribution in [0.15, 0.2) is 24.3 Å². The third-order valence-electron chi connectivity index (χ3n) is 4.36. The molecular weight excluding hydrogens is 270 g/mol. The summed E-state index contributed by atoms with van der Waals surface area (Å²) in [5.74, 6) is 0. The Bertz CT molecular complexity index is 553. The quantitative estimate of drug-likeness (QED) is 0.878. The highest BCUT2D eigenvalue weighted by Gasteiger charge is 2.42. The van der Waals surface area contributed by atoms with E-state index in [4.69, 9.17) is 0 Å². The minimum Gasteiger partial charge on any atom is -0.309 e. The molecule has 112 valence electrons. The molecule has 0 aliphatic heterocycles. The van der Waals surface area contributed by atoms with Crippen molar-refractivity contribution in [1.82, 2.24) is 5.32 Å². The maximum atomic E-state index is 12.8. The molecule has 0 aromatic heterocycles. The van der Waals surface area contributed by atoms with Crippen molar-refractivity contribution >= 4 is 9.84 Å². The van der Waals surface area contributed by atoms with E-state index >= 15 is 0 Å². The van der Waals surface area contributed by atoms with Crippen molar-refractivity contribution in [2.45, 2.75) is 56.6 Å². The smallest absolute Gasteiger partial charge is 0.157 e. The van der Waals surface area contributed by atoms with E-state index in [-0.39, 0.29) is 16.5 Å². The molecule has 4 heteroatoms. The number of fused-ring (bicyclic) bond motifs is 1. The fraction of sp³-hybridized carbons (Fsp3) is 0.625. The topological polar surface area (TPSA) is 46.2 Å². The first kappa shape index (κ1) is 15.5. The monoisotopic (exact) mass is 295 g/mol. The van der Waals surface area contributed by atoms with E-state index in [2.05, 4.69) is 24.4 Å². The van der Waals surface area contributed by atoms with Crippen LogP contribution in [-0.4, -0.2) is 25.5 Å². The first-order valence-electron chi connectivity index (χ1n) is 7.56. The molecule has 2 rings (SSSR count). The molecule has 0 spiro atoms. The molecule has 0 heterocycles. The van der Waals surface area contributed by atoms with Gasteiger partial charge < -0.3 is 5.32 Å². The summed E-state index contributed by atoms with van der Waals surface area (Å²) in [6, 6.07) is 8.06. The van der Waals surface area contributed by atoms with Crippen molar-refractivity contribution in [2.24, 2.45) is 0 Å². The Morgan fingerprint density at radius 2 is 2.00 bits per heavy atom. The maximum Gasteiger partial charge on any atom is 0.157 e. The highest BCUT2D eigenvalue weighted by Crippen LogP contribution is 2.37. The molecule has 20 heavy (non-hydrogen) atoms. The minimum absolute atomic E-state index is 0.0508. The van der Waals surface area contributed by atoms with E-state index in [0.29, 0.717) is 12.8 Å². The van der Waals surface area contributed by atoms with E-state index in [1.54, 1.807) is 0 Å². The van der Waals surface area contributed by atoms with E-state index in [9.17, 15) is 8.42 Å². The third kappa shape index (κ3) is 2.77. The number of benzene rings is 1. The van der Waals surface area contributed by atoms with Gasteiger partial charge in [-0.3, -0.25) is 0 Å². The number of hydrogen-bond donors (Lipinski definition) is 1. The Balaban J connectivity index is 2.35. The molecule has 1 aromatic carbocycles. The van der Waals surface area contributed by atoms with E-state index in [1.165, 1.54) is 5.56 Å². The van der Waals surface area contributed by atoms with E-state index in [1.807, 2.05) is 26.0 Å². The van der Waals surface area contributed by atoms with Gasteiger partial charge in [0.1, 0.15) is 0 Å². The first-order chi connectivity index (χ1) is 9.52. The molecular formula is C16H25NO2S. The van der Waals surface area contributed by atoms with Crippen LogP contribution in [0.5, 0.6) is 0 Å². The van der Waals surface area contributed by atoms with Crippen molar-refractivity contribution in [2.75, 3.05) is 6.54 Å². The van der Waals surface area contributed by atoms with Crippen LogP contribution in [0.4, 0.5) is 0 Å². The molecule has 0 saturated carbocycles. The predicted octanol–water partition coefficient (Wildman–Crippen LogP) is 2.87. The van der Waals surface area contributed by atoms with Gasteiger partial charge in [0.15, 0.2) is 9.84 Å². The fourth-order valence-corrected chi connectivity index (χ4v) is 5.03. The summed E-state index contributed by atoms with van der Waals surface area (Å²) in [6.07, 6.45) is 2.33. The Kier molecular flexibility index (Phi) is 4.86. The van der Waals surface area contributed by atoms with Gasteiger partial charge in [-0.1, -0.05) is 38.1 Å². The van der Waals surface area contributed by atoms with Gasteiger partial charge in [-0.05, 0) is 43.9 Å². The highest BCUT2D eigenvalue weighted by atomic mass is 32.2. The number of sulfone groups is 1. The SMILES string of the molecule is CCCNC1c2ccccc2CC1S(=O)(=O)C(C)CC. The van der Waals surface area contributed by atoms with Gasteiger partial charge in [0.25, 0.3) is 0 Å². The summed E-state index contributed by atoms with van der Waals surface area (Å²) in [5, 5.41) is 2.85. The largest absolute Gasteiger partial charge is 0.309 e. The third-order valence-corrected chi connectivity index (χ3v) is 7.09. The van der Waals surface area contributed by atoms with Gasteiger partial charge in [0, 0.05) is 6.04 Å². The molecule has 1 aliphatic rings. The van der Waals surface area contributed by atoms with Gasteiger partial charge in [-0.2, -0.15) is 0 Å². The average molecular weight is 295 g/mol. The summed E-state index contributed by atoms with van der Waals surface area (Å²) in [6.45, 7) is 6.73. The summed E-state index contributed by atoms with van der Waals surface area (Å²) in [5.41, 5.74) is 2.34. The molecule has 3 atom stereocenters. The standard InChI is InChI=1S/C16H25NO2S/c1-4-10-17-16-14-9-7-6-8-13(14)11-15(16)20(18,19)12(3)5-2/h6-9,12,15-17H,4-5,10-11H2,1-3H3. The van der Waals surface area contributed by atoms with Gasteiger partial charge in [-0.25, -0.2) is 8.42 Å². The van der Waals surface area contributed by atoms with Gasteiger partial charge >= 0.3 is 0 Å². The van der Waals surface area contributed by atoms with Crippen LogP contribution < -0.4 is 5.32 Å². The fourth-order valence-electron chi connectivity index (χ4n) is 2.94. The van der Waals surface area contributed by atoms with Gasteiger partial charge in [-0.15, -0.1) is 0 Å². The minimum atomic E-state index is -3.10. The Morgan fingerprint density at radius 3 is 2.65 bits per heavy atom. The van der Waals surface area contributed by atoms with Crippen LogP contribution in [0.1, 0.15) is 50.8 Å². The molecule has 0 radical (unpaired) electrons. The second kappa shape index (κ2) is 6.27. The molecule has 1 aliphatic carbocycles. The lowest BCUT2D eigenvalue weighted by Crippen LogP contribution is -2.39. The molecule has 3 nitrogen and oxygen atoms in total. The van der Waals surface area contributed by atoms with Crippen LogP contribution in [-0.2, 0) is 16.3 Å². The zero-order chi connectivity index (χ0) is 14.8. The lowest BCUT2D eigenvalue weighted by Gasteiger charge is -2.24. The Hall–Kier alpha value is -0.870. The van der Waals surface area contributed by atoms with Crippen molar-refractivity contribution < 1.29 is 8.42 Å². The van der Waals surface area contributed by atoms with E-state index < -0.39 is 9.84 Å². The highest BCUT2D eigenvalue weighted by molar-refractivity contribution is 7.92. The van der Waals surface area contributed by atoms with Crippen molar-refractivity contribution in [3.8, 4) is 0 Å². The average Bonchev–Trinajstić information content (AvgIpc) is 2.83. The second-order valence-corrected chi connectivity index (χ2v) is 8.27. The molecule has 0 saturated heterocycles. The van der Waals surface area contributed by atoms with E-state index in [0.717, 1.165) is 18.5 Å². The zero-order valence-electron chi connectivity index (χ0n) is 12.6. The lowest BCUT2D eigenvalue weighted by atomic mass is 10.1. The van der Waals surface area contributed by atoms with Crippen LogP contribution >= 0.6 is 0 Å². The molecule has 1 aromatic rings. The molecule has 3 unspecified atom stereocenters. The number of hydrogen-bond acceptors (Lipinski definition) is 3. The van der Waals surface area contributed by atoms with Crippen molar-refractivity contribution in [3.05, 3.63) is 35.4 Å². The summed E-state index contributed by atoms with van der Waals surface area (Å²) < 4.78 is 25.5. The second-order valence-electron chi connectivity index (χ2n) is 5.68. The van der Waals surface area contributed by atoms with Gasteiger partial charge in [0.05, 0.1) is 10.5 Å². The molecule has 1 N–H and O–H groups in total. The Morgan fingerprint density at radius 1 is 1.30 bits per heavy atom. The van der Waals surface area contributed by atoms with Crippen molar-refractivity contribution in [1.29, 1.82) is 0 Å². The summed E-state index contributed by atoms with van der Waals surface area (Å²) in [7, 11) is -3.10. The van der Waals surface area contributed by atoms with Crippen molar-refractivity contribution in [3.63, 3.8) is 0 Å². The first-order valence-corrected chi connectivity index (χ1v) is 9.17. The number of rotatable bonds is 6. The van der Waals surface area contributed by atoms with Crippen LogP contribution in [0.3, 0.4) is 0 Å². The summed E-state index contributed by atoms with van der Waals surface area (Å²) >= 11 is 0. The normalized spacial score (nSPS) is 23.6. The van der Waals surface area contributed by atoms with Gasteiger partial charge in [0.2, 0.25) is 0 Å². The van der Waals surface area contributed by atoms with Crippen LogP contribution in [0.25, 0.3) is 0 Å². The lowest BCUT2D eigenvalue weighted by molar-refractivity contribution is 0.498. The van der Waals surface area contributed by atoms with Crippen LogP contribution in [0.2, 0.25) is 0 Å². The number of nitrogens with one attached hydrogen (secondary N) is 1. The molecule has 0 amide bonds. The Labute approximate surface area is 122 Å². The molecule has 0 bridgehead atoms. The van der Waals surface area contributed by atoms with Crippen LogP contribution in [0, 0.1) is 0 Å². The maximum absolute atomic E-state index is 12.8. The summed E-state index contributed by atoms with van der Waals surface area (Å²) in [4.78, 5) is 0.